The van der Waals surface area contributed by atoms with Crippen molar-refractivity contribution in [3.63, 3.8) is 0 Å². The van der Waals surface area contributed by atoms with Crippen LogP contribution in [0.3, 0.4) is 0 Å². The zero-order valence-electron chi connectivity index (χ0n) is 12.5. The number of rotatable bonds is 1. The molecule has 21 heavy (non-hydrogen) atoms. The fourth-order valence-electron chi connectivity index (χ4n) is 4.43. The van der Waals surface area contributed by atoms with Crippen molar-refractivity contribution < 1.29 is 4.79 Å². The molecule has 1 fully saturated rings. The Bertz CT molecular complexity index is 733. The van der Waals surface area contributed by atoms with E-state index in [1.807, 2.05) is 0 Å². The van der Waals surface area contributed by atoms with Gasteiger partial charge in [0, 0.05) is 42.7 Å². The number of aromatic nitrogens is 1. The highest BCUT2D eigenvalue weighted by atomic mass is 16.1. The number of fused-ring (bicyclic) bond motifs is 2. The quantitative estimate of drug-likeness (QED) is 0.864. The molecule has 1 unspecified atom stereocenters. The van der Waals surface area contributed by atoms with Gasteiger partial charge >= 0.3 is 0 Å². The van der Waals surface area contributed by atoms with Gasteiger partial charge in [0.25, 0.3) is 0 Å². The number of benzene rings is 1. The summed E-state index contributed by atoms with van der Waals surface area (Å²) in [5.41, 5.74) is 9.71. The lowest BCUT2D eigenvalue weighted by atomic mass is 9.72. The molecule has 0 saturated carbocycles. The number of hydrogen-bond acceptors (Lipinski definition) is 2. The molecule has 2 aliphatic rings. The van der Waals surface area contributed by atoms with Crippen LogP contribution in [-0.2, 0) is 18.3 Å². The summed E-state index contributed by atoms with van der Waals surface area (Å²) in [6.45, 7) is 0.786. The van der Waals surface area contributed by atoms with Gasteiger partial charge in [0.05, 0.1) is 5.92 Å². The number of aryl methyl sites for hydroxylation is 1. The van der Waals surface area contributed by atoms with Gasteiger partial charge in [-0.1, -0.05) is 12.1 Å². The zero-order valence-corrected chi connectivity index (χ0v) is 12.5. The lowest BCUT2D eigenvalue weighted by Crippen LogP contribution is -2.50. The summed E-state index contributed by atoms with van der Waals surface area (Å²) in [4.78, 5) is 14.0. The van der Waals surface area contributed by atoms with Gasteiger partial charge < -0.3 is 15.2 Å². The van der Waals surface area contributed by atoms with Gasteiger partial charge in [0.2, 0.25) is 5.91 Å². The van der Waals surface area contributed by atoms with Crippen LogP contribution in [-0.4, -0.2) is 35.0 Å². The highest BCUT2D eigenvalue weighted by Gasteiger charge is 2.40. The van der Waals surface area contributed by atoms with Crippen LogP contribution in [0.15, 0.2) is 24.4 Å². The van der Waals surface area contributed by atoms with Gasteiger partial charge in [0.15, 0.2) is 0 Å². The molecule has 4 heteroatoms. The number of amides is 1. The molecule has 1 aromatic heterocycles. The molecule has 0 radical (unpaired) electrons. The second-order valence-corrected chi connectivity index (χ2v) is 6.66. The number of likely N-dealkylation sites (tertiary alicyclic amines) is 1. The molecule has 1 saturated heterocycles. The van der Waals surface area contributed by atoms with Crippen LogP contribution in [0, 0.1) is 5.92 Å². The van der Waals surface area contributed by atoms with Crippen molar-refractivity contribution >= 4 is 16.8 Å². The van der Waals surface area contributed by atoms with Crippen LogP contribution in [0.5, 0.6) is 0 Å². The first-order valence-corrected chi connectivity index (χ1v) is 7.62. The van der Waals surface area contributed by atoms with E-state index in [2.05, 4.69) is 48.0 Å². The Hall–Kier alpha value is -1.81. The first-order valence-electron chi connectivity index (χ1n) is 7.62. The highest BCUT2D eigenvalue weighted by Crippen LogP contribution is 2.44. The molecule has 4 rings (SSSR count). The maximum atomic E-state index is 11.7. The fourth-order valence-corrected chi connectivity index (χ4v) is 4.43. The van der Waals surface area contributed by atoms with E-state index in [4.69, 9.17) is 5.73 Å². The third kappa shape index (κ3) is 1.75. The van der Waals surface area contributed by atoms with Gasteiger partial charge in [-0.3, -0.25) is 4.79 Å². The number of carbonyl (C=O) groups excluding carboxylic acids is 1. The first kappa shape index (κ1) is 12.9. The topological polar surface area (TPSA) is 51.3 Å². The number of primary amides is 1. The van der Waals surface area contributed by atoms with Crippen LogP contribution in [0.4, 0.5) is 0 Å². The van der Waals surface area contributed by atoms with Gasteiger partial charge in [-0.2, -0.15) is 0 Å². The number of carbonyl (C=O) groups is 1. The maximum Gasteiger partial charge on any atom is 0.221 e. The summed E-state index contributed by atoms with van der Waals surface area (Å²) < 4.78 is 2.22. The summed E-state index contributed by atoms with van der Waals surface area (Å²) in [6.07, 6.45) is 4.22. The molecular formula is C17H21N3O. The van der Waals surface area contributed by atoms with Crippen molar-refractivity contribution in [3.05, 3.63) is 35.5 Å². The third-order valence-corrected chi connectivity index (χ3v) is 5.43. The van der Waals surface area contributed by atoms with Crippen molar-refractivity contribution in [1.82, 2.24) is 9.47 Å². The molecule has 1 aromatic carbocycles. The molecule has 2 N–H and O–H groups in total. The van der Waals surface area contributed by atoms with E-state index in [1.165, 1.54) is 22.0 Å². The average Bonchev–Trinajstić information content (AvgIpc) is 2.78. The lowest BCUT2D eigenvalue weighted by molar-refractivity contribution is -0.124. The monoisotopic (exact) mass is 283 g/mol. The summed E-state index contributed by atoms with van der Waals surface area (Å²) in [6, 6.07) is 7.04. The fraction of sp³-hybridized carbons (Fsp3) is 0.471. The normalized spacial score (nSPS) is 28.6. The van der Waals surface area contributed by atoms with Crippen LogP contribution in [0.25, 0.3) is 10.9 Å². The maximum absolute atomic E-state index is 11.7. The molecule has 1 amide bonds. The number of piperidine rings is 1. The SMILES string of the molecule is CN1CC(C(N)=O)C[C@@H]2c3cccc4c3c(cn4C)C[C@H]21. The Morgan fingerprint density at radius 2 is 2.14 bits per heavy atom. The van der Waals surface area contributed by atoms with E-state index in [1.54, 1.807) is 0 Å². The highest BCUT2D eigenvalue weighted by molar-refractivity contribution is 5.89. The first-order chi connectivity index (χ1) is 10.1. The van der Waals surface area contributed by atoms with E-state index in [9.17, 15) is 4.79 Å². The Kier molecular flexibility index (Phi) is 2.67. The molecule has 3 atom stereocenters. The predicted molar refractivity (Wildman–Crippen MR) is 83.1 cm³/mol. The zero-order chi connectivity index (χ0) is 14.7. The number of nitrogens with two attached hydrogens (primary N) is 1. The van der Waals surface area contributed by atoms with Crippen molar-refractivity contribution in [2.24, 2.45) is 18.7 Å². The van der Waals surface area contributed by atoms with Gasteiger partial charge in [-0.15, -0.1) is 0 Å². The lowest BCUT2D eigenvalue weighted by Gasteiger charge is -2.44. The number of likely N-dealkylation sites (N-methyl/N-ethyl adjacent to an activating group) is 1. The molecular weight excluding hydrogens is 262 g/mol. The molecule has 2 aromatic rings. The van der Waals surface area contributed by atoms with Crippen LogP contribution in [0.2, 0.25) is 0 Å². The molecule has 110 valence electrons. The van der Waals surface area contributed by atoms with Crippen LogP contribution < -0.4 is 5.73 Å². The molecule has 1 aliphatic heterocycles. The molecule has 2 heterocycles. The second kappa shape index (κ2) is 4.34. The second-order valence-electron chi connectivity index (χ2n) is 6.66. The minimum atomic E-state index is -0.161. The summed E-state index contributed by atoms with van der Waals surface area (Å²) >= 11 is 0. The van der Waals surface area contributed by atoms with Crippen molar-refractivity contribution in [2.75, 3.05) is 13.6 Å². The van der Waals surface area contributed by atoms with Gasteiger partial charge in [0.1, 0.15) is 0 Å². The Labute approximate surface area is 124 Å². The van der Waals surface area contributed by atoms with E-state index in [0.717, 1.165) is 19.4 Å². The number of nitrogens with zero attached hydrogens (tertiary/aromatic N) is 2. The van der Waals surface area contributed by atoms with Gasteiger partial charge in [-0.05, 0) is 37.1 Å². The smallest absolute Gasteiger partial charge is 0.221 e. The molecule has 4 nitrogen and oxygen atoms in total. The summed E-state index contributed by atoms with van der Waals surface area (Å²) in [5, 5.41) is 1.40. The Morgan fingerprint density at radius 3 is 2.90 bits per heavy atom. The van der Waals surface area contributed by atoms with Crippen molar-refractivity contribution in [1.29, 1.82) is 0 Å². The largest absolute Gasteiger partial charge is 0.369 e. The third-order valence-electron chi connectivity index (χ3n) is 5.43. The average molecular weight is 283 g/mol. The molecule has 0 spiro atoms. The van der Waals surface area contributed by atoms with Crippen LogP contribution >= 0.6 is 0 Å². The van der Waals surface area contributed by atoms with E-state index >= 15 is 0 Å². The predicted octanol–water partition coefficient (Wildman–Crippen LogP) is 1.62. The van der Waals surface area contributed by atoms with Crippen LogP contribution in [0.1, 0.15) is 23.5 Å². The van der Waals surface area contributed by atoms with Gasteiger partial charge in [-0.25, -0.2) is 0 Å². The Morgan fingerprint density at radius 1 is 1.33 bits per heavy atom. The van der Waals surface area contributed by atoms with Crippen molar-refractivity contribution in [3.8, 4) is 0 Å². The van der Waals surface area contributed by atoms with E-state index in [-0.39, 0.29) is 11.8 Å². The summed E-state index contributed by atoms with van der Waals surface area (Å²) in [5.74, 6) is 0.225. The minimum Gasteiger partial charge on any atom is -0.369 e. The summed E-state index contributed by atoms with van der Waals surface area (Å²) in [7, 11) is 4.24. The number of hydrogen-bond donors (Lipinski definition) is 1. The van der Waals surface area contributed by atoms with Crippen molar-refractivity contribution in [2.45, 2.75) is 24.8 Å². The Balaban J connectivity index is 1.87. The molecule has 0 bridgehead atoms. The van der Waals surface area contributed by atoms with E-state index < -0.39 is 0 Å². The molecule has 1 aliphatic carbocycles. The standard InChI is InChI=1S/C17H21N3O/c1-19-8-10-7-15-13(6-11(17(18)21)9-20(15)2)12-4-3-5-14(19)16(10)12/h3-5,8,11,13,15H,6-7,9H2,1-2H3,(H2,18,21)/t11?,13-,15-/m1/s1. The minimum absolute atomic E-state index is 0.0308. The van der Waals surface area contributed by atoms with E-state index in [0.29, 0.717) is 12.0 Å².